The highest BCUT2D eigenvalue weighted by molar-refractivity contribution is 9.10. The first-order valence-corrected chi connectivity index (χ1v) is 14.5. The highest BCUT2D eigenvalue weighted by atomic mass is 79.9. The number of carboxylic acids is 1. The predicted octanol–water partition coefficient (Wildman–Crippen LogP) is 9.77. The van der Waals surface area contributed by atoms with Crippen molar-refractivity contribution in [2.45, 2.75) is 63.6 Å². The third-order valence-electron chi connectivity index (χ3n) is 8.43. The number of rotatable bonds is 5. The van der Waals surface area contributed by atoms with Crippen LogP contribution in [-0.4, -0.2) is 28.5 Å². The molecule has 0 spiro atoms. The Morgan fingerprint density at radius 3 is 2.23 bits per heavy atom. The standard InChI is InChI=1S/C28H27BrCl3F4NO2/c1-13(2)27(16-6-4-5-14(3)9-16)26(28(34,35)36,17-11-19(30)23(32)20(31)12-17)22(25(38)39)24(37-27)15-7-8-21(33)18(29)10-15/h7-8,10-14,16,22H,4-6,9H2,1-3H3,(H,38,39)/t14?,16?,22?,26?,27-/m0/s1. The Bertz CT molecular complexity index is 1310. The molecule has 1 saturated carbocycles. The van der Waals surface area contributed by atoms with E-state index in [9.17, 15) is 14.3 Å². The molecule has 4 rings (SSSR count). The molecule has 2 aromatic rings. The molecular weight excluding hydrogens is 645 g/mol. The second kappa shape index (κ2) is 10.8. The zero-order valence-corrected chi connectivity index (χ0v) is 25.2. The molecule has 0 saturated heterocycles. The number of alkyl halides is 3. The van der Waals surface area contributed by atoms with Crippen LogP contribution >= 0.6 is 50.7 Å². The molecule has 5 atom stereocenters. The van der Waals surface area contributed by atoms with Gasteiger partial charge in [0, 0.05) is 0 Å². The lowest BCUT2D eigenvalue weighted by molar-refractivity contribution is -0.232. The monoisotopic (exact) mass is 669 g/mol. The van der Waals surface area contributed by atoms with Crippen LogP contribution < -0.4 is 0 Å². The fourth-order valence-corrected chi connectivity index (χ4v) is 7.99. The van der Waals surface area contributed by atoms with Crippen LogP contribution in [0, 0.1) is 29.5 Å². The van der Waals surface area contributed by atoms with Gasteiger partial charge in [-0.2, -0.15) is 13.2 Å². The third-order valence-corrected chi connectivity index (χ3v) is 10.2. The third kappa shape index (κ3) is 4.71. The van der Waals surface area contributed by atoms with Crippen molar-refractivity contribution < 1.29 is 27.5 Å². The Hall–Kier alpha value is -1.35. The molecule has 212 valence electrons. The Morgan fingerprint density at radius 2 is 1.74 bits per heavy atom. The zero-order valence-electron chi connectivity index (χ0n) is 21.4. The maximum Gasteiger partial charge on any atom is 0.402 e. The van der Waals surface area contributed by atoms with Crippen LogP contribution in [0.1, 0.15) is 57.6 Å². The molecule has 4 unspecified atom stereocenters. The average Bonchev–Trinajstić information content (AvgIpc) is 3.18. The normalized spacial score (nSPS) is 29.5. The molecule has 1 N–H and O–H groups in total. The average molecular weight is 672 g/mol. The number of carboxylic acid groups (broad SMARTS) is 1. The second-order valence-electron chi connectivity index (χ2n) is 10.9. The highest BCUT2D eigenvalue weighted by Crippen LogP contribution is 2.66. The maximum absolute atomic E-state index is 16.1. The lowest BCUT2D eigenvalue weighted by Gasteiger charge is -2.55. The van der Waals surface area contributed by atoms with E-state index in [0.29, 0.717) is 19.3 Å². The van der Waals surface area contributed by atoms with E-state index in [-0.39, 0.29) is 36.7 Å². The van der Waals surface area contributed by atoms with Crippen LogP contribution in [0.15, 0.2) is 39.8 Å². The van der Waals surface area contributed by atoms with E-state index in [1.54, 1.807) is 13.8 Å². The fourth-order valence-electron chi connectivity index (χ4n) is 7.02. The van der Waals surface area contributed by atoms with Gasteiger partial charge < -0.3 is 5.11 Å². The number of hydrogen-bond acceptors (Lipinski definition) is 2. The minimum atomic E-state index is -5.12. The summed E-state index contributed by atoms with van der Waals surface area (Å²) in [4.78, 5) is 18.0. The maximum atomic E-state index is 16.1. The molecule has 1 aliphatic carbocycles. The molecule has 39 heavy (non-hydrogen) atoms. The van der Waals surface area contributed by atoms with E-state index in [0.717, 1.165) is 24.6 Å². The number of aliphatic imine (C=N–C) groups is 1. The summed E-state index contributed by atoms with van der Waals surface area (Å²) in [6.07, 6.45) is -2.72. The lowest BCUT2D eigenvalue weighted by atomic mass is 9.49. The van der Waals surface area contributed by atoms with Gasteiger partial charge >= 0.3 is 12.1 Å². The predicted molar refractivity (Wildman–Crippen MR) is 150 cm³/mol. The van der Waals surface area contributed by atoms with Crippen LogP contribution in [0.2, 0.25) is 15.1 Å². The van der Waals surface area contributed by atoms with Gasteiger partial charge in [0.05, 0.1) is 30.8 Å². The molecule has 3 nitrogen and oxygen atoms in total. The second-order valence-corrected chi connectivity index (χ2v) is 13.0. The van der Waals surface area contributed by atoms with Gasteiger partial charge in [-0.15, -0.1) is 0 Å². The molecule has 2 aromatic carbocycles. The first-order chi connectivity index (χ1) is 18.1. The molecule has 0 bridgehead atoms. The molecule has 11 heteroatoms. The van der Waals surface area contributed by atoms with Gasteiger partial charge in [-0.25, -0.2) is 4.39 Å². The van der Waals surface area contributed by atoms with Gasteiger partial charge in [0.1, 0.15) is 17.2 Å². The van der Waals surface area contributed by atoms with Gasteiger partial charge in [0.2, 0.25) is 0 Å². The Morgan fingerprint density at radius 1 is 1.13 bits per heavy atom. The molecule has 2 aliphatic rings. The van der Waals surface area contributed by atoms with Crippen molar-refractivity contribution >= 4 is 62.4 Å². The quantitative estimate of drug-likeness (QED) is 0.254. The summed E-state index contributed by atoms with van der Waals surface area (Å²) in [6.45, 7) is 5.27. The van der Waals surface area contributed by atoms with E-state index in [4.69, 9.17) is 39.8 Å². The minimum Gasteiger partial charge on any atom is -0.481 e. The molecule has 1 fully saturated rings. The molecule has 1 heterocycles. The first-order valence-electron chi connectivity index (χ1n) is 12.6. The SMILES string of the molecule is CC1CCCC([C@]2(C(C)C)N=C(c3ccc(F)c(Br)c3)C(C(=O)O)C2(c2cc(Cl)c(Cl)c(Cl)c2)C(F)(F)F)C1. The topological polar surface area (TPSA) is 49.7 Å². The summed E-state index contributed by atoms with van der Waals surface area (Å²) in [5.74, 6) is -5.78. The number of nitrogens with zero attached hydrogens (tertiary/aromatic N) is 1. The fraction of sp³-hybridized carbons (Fsp3) is 0.500. The van der Waals surface area contributed by atoms with Crippen molar-refractivity contribution in [2.75, 3.05) is 0 Å². The van der Waals surface area contributed by atoms with E-state index >= 15 is 13.2 Å². The van der Waals surface area contributed by atoms with Gasteiger partial charge in [-0.3, -0.25) is 9.79 Å². The number of carbonyl (C=O) groups is 1. The number of hydrogen-bond donors (Lipinski definition) is 1. The Labute approximate surface area is 248 Å². The van der Waals surface area contributed by atoms with Gasteiger partial charge in [-0.1, -0.05) is 74.5 Å². The van der Waals surface area contributed by atoms with Crippen LogP contribution in [0.4, 0.5) is 17.6 Å². The van der Waals surface area contributed by atoms with Crippen LogP contribution in [0.5, 0.6) is 0 Å². The largest absolute Gasteiger partial charge is 0.481 e. The van der Waals surface area contributed by atoms with Crippen molar-refractivity contribution in [2.24, 2.45) is 28.7 Å². The molecule has 0 aromatic heterocycles. The Kier molecular flexibility index (Phi) is 8.48. The summed E-state index contributed by atoms with van der Waals surface area (Å²) in [7, 11) is 0. The smallest absolute Gasteiger partial charge is 0.402 e. The van der Waals surface area contributed by atoms with Crippen molar-refractivity contribution in [1.29, 1.82) is 0 Å². The summed E-state index contributed by atoms with van der Waals surface area (Å²) in [6, 6.07) is 5.75. The molecule has 0 radical (unpaired) electrons. The van der Waals surface area contributed by atoms with Crippen LogP contribution in [-0.2, 0) is 10.2 Å². The van der Waals surface area contributed by atoms with Gasteiger partial charge in [0.15, 0.2) is 0 Å². The van der Waals surface area contributed by atoms with E-state index < -0.39 is 52.2 Å². The van der Waals surface area contributed by atoms with Crippen molar-refractivity contribution in [1.82, 2.24) is 0 Å². The van der Waals surface area contributed by atoms with Crippen molar-refractivity contribution in [3.63, 3.8) is 0 Å². The summed E-state index contributed by atoms with van der Waals surface area (Å²) in [5, 5.41) is 10.1. The summed E-state index contributed by atoms with van der Waals surface area (Å²) >= 11 is 21.8. The van der Waals surface area contributed by atoms with Crippen LogP contribution in [0.3, 0.4) is 0 Å². The van der Waals surface area contributed by atoms with Crippen molar-refractivity contribution in [3.05, 3.63) is 66.8 Å². The molecular formula is C28H27BrCl3F4NO2. The summed E-state index contributed by atoms with van der Waals surface area (Å²) < 4.78 is 62.4. The minimum absolute atomic E-state index is 0.0182. The van der Waals surface area contributed by atoms with E-state index in [1.165, 1.54) is 12.1 Å². The number of halogens is 8. The van der Waals surface area contributed by atoms with Crippen LogP contribution in [0.25, 0.3) is 0 Å². The zero-order chi connectivity index (χ0) is 29.1. The first kappa shape index (κ1) is 30.6. The highest BCUT2D eigenvalue weighted by Gasteiger charge is 2.79. The Balaban J connectivity index is 2.21. The molecule has 1 aliphatic heterocycles. The van der Waals surface area contributed by atoms with Crippen molar-refractivity contribution in [3.8, 4) is 0 Å². The van der Waals surface area contributed by atoms with Gasteiger partial charge in [-0.05, 0) is 81.9 Å². The van der Waals surface area contributed by atoms with E-state index in [1.807, 2.05) is 6.92 Å². The summed E-state index contributed by atoms with van der Waals surface area (Å²) in [5.41, 5.74) is -5.60. The molecule has 0 amide bonds. The van der Waals surface area contributed by atoms with Gasteiger partial charge in [0.25, 0.3) is 0 Å². The number of aliphatic carboxylic acids is 1. The number of benzene rings is 2. The van der Waals surface area contributed by atoms with E-state index in [2.05, 4.69) is 15.9 Å². The lowest BCUT2D eigenvalue weighted by Crippen LogP contribution is -2.67.